The second-order valence-corrected chi connectivity index (χ2v) is 3.83. The number of nitrogens with one attached hydrogen (secondary N) is 1. The van der Waals surface area contributed by atoms with Gasteiger partial charge in [-0.1, -0.05) is 0 Å². The molecule has 0 aromatic carbocycles. The zero-order valence-corrected chi connectivity index (χ0v) is 9.93. The molecule has 0 bridgehead atoms. The molecule has 0 saturated carbocycles. The van der Waals surface area contributed by atoms with Gasteiger partial charge in [0.2, 0.25) is 0 Å². The maximum Gasteiger partial charge on any atom is 0.274 e. The van der Waals surface area contributed by atoms with Gasteiger partial charge < -0.3 is 11.1 Å². The third-order valence-electron chi connectivity index (χ3n) is 2.39. The number of hydrogen-bond acceptors (Lipinski definition) is 4. The number of aryl methyl sites for hydroxylation is 3. The minimum atomic E-state index is -0.257. The fourth-order valence-corrected chi connectivity index (χ4v) is 1.61. The molecule has 2 aromatic heterocycles. The number of aromatic nitrogens is 4. The Morgan fingerprint density at radius 2 is 2.12 bits per heavy atom. The largest absolute Gasteiger partial charge is 0.382 e. The topological polar surface area (TPSA) is 90.8 Å². The molecule has 0 atom stereocenters. The fraction of sp³-hybridized carbons (Fsp3) is 0.300. The van der Waals surface area contributed by atoms with Gasteiger partial charge in [-0.3, -0.25) is 14.2 Å². The molecule has 3 N–H and O–H groups in total. The van der Waals surface area contributed by atoms with E-state index in [4.69, 9.17) is 5.73 Å². The van der Waals surface area contributed by atoms with Gasteiger partial charge in [0.1, 0.15) is 11.5 Å². The number of nitrogen functional groups attached to an aromatic ring is 1. The molecule has 7 nitrogen and oxygen atoms in total. The van der Waals surface area contributed by atoms with E-state index < -0.39 is 0 Å². The maximum atomic E-state index is 11.9. The molecular weight excluding hydrogens is 220 g/mol. The molecule has 0 radical (unpaired) electrons. The summed E-state index contributed by atoms with van der Waals surface area (Å²) in [6, 6.07) is 1.53. The summed E-state index contributed by atoms with van der Waals surface area (Å²) in [6.07, 6.45) is 1.74. The Kier molecular flexibility index (Phi) is 2.58. The Morgan fingerprint density at radius 1 is 1.41 bits per heavy atom. The zero-order valence-electron chi connectivity index (χ0n) is 9.93. The van der Waals surface area contributed by atoms with Crippen LogP contribution < -0.4 is 11.1 Å². The lowest BCUT2D eigenvalue weighted by Crippen LogP contribution is -2.16. The van der Waals surface area contributed by atoms with Gasteiger partial charge in [0.05, 0.1) is 11.4 Å². The standard InChI is InChI=1S/C10H14N6O/c1-6-7(5-15(2)13-6)12-10(17)8-4-9(11)14-16(8)3/h4-5H,1-3H3,(H2,11,14)(H,12,17). The summed E-state index contributed by atoms with van der Waals surface area (Å²) in [5, 5.41) is 10.8. The van der Waals surface area contributed by atoms with Crippen molar-refractivity contribution < 1.29 is 4.79 Å². The number of carbonyl (C=O) groups is 1. The summed E-state index contributed by atoms with van der Waals surface area (Å²) in [5.74, 6) is 0.0633. The Balaban J connectivity index is 2.22. The maximum absolute atomic E-state index is 11.9. The van der Waals surface area contributed by atoms with E-state index in [1.54, 1.807) is 25.0 Å². The fourth-order valence-electron chi connectivity index (χ4n) is 1.61. The minimum absolute atomic E-state index is 0.257. The Labute approximate surface area is 98.2 Å². The molecule has 0 aliphatic rings. The van der Waals surface area contributed by atoms with Crippen LogP contribution in [0.4, 0.5) is 11.5 Å². The van der Waals surface area contributed by atoms with E-state index in [0.29, 0.717) is 17.2 Å². The predicted octanol–water partition coefficient (Wildman–Crippen LogP) is 0.297. The van der Waals surface area contributed by atoms with Gasteiger partial charge in [0.15, 0.2) is 0 Å². The van der Waals surface area contributed by atoms with Crippen molar-refractivity contribution in [3.05, 3.63) is 23.7 Å². The molecule has 2 rings (SSSR count). The van der Waals surface area contributed by atoms with Crippen molar-refractivity contribution in [2.75, 3.05) is 11.1 Å². The lowest BCUT2D eigenvalue weighted by atomic mass is 10.3. The lowest BCUT2D eigenvalue weighted by Gasteiger charge is -2.02. The van der Waals surface area contributed by atoms with Gasteiger partial charge in [-0.2, -0.15) is 10.2 Å². The van der Waals surface area contributed by atoms with Crippen LogP contribution in [0.1, 0.15) is 16.2 Å². The van der Waals surface area contributed by atoms with Crippen molar-refractivity contribution in [3.8, 4) is 0 Å². The second-order valence-electron chi connectivity index (χ2n) is 3.83. The SMILES string of the molecule is Cc1nn(C)cc1NC(=O)c1cc(N)nn1C. The highest BCUT2D eigenvalue weighted by molar-refractivity contribution is 6.03. The van der Waals surface area contributed by atoms with E-state index in [0.717, 1.165) is 5.69 Å². The van der Waals surface area contributed by atoms with Crippen LogP contribution in [0.5, 0.6) is 0 Å². The van der Waals surface area contributed by atoms with E-state index in [1.165, 1.54) is 10.7 Å². The van der Waals surface area contributed by atoms with Gasteiger partial charge in [-0.15, -0.1) is 0 Å². The van der Waals surface area contributed by atoms with Crippen LogP contribution in [0.3, 0.4) is 0 Å². The zero-order chi connectivity index (χ0) is 12.6. The Bertz CT molecular complexity index is 567. The van der Waals surface area contributed by atoms with Crippen LogP contribution in [0.25, 0.3) is 0 Å². The first kappa shape index (κ1) is 11.2. The smallest absolute Gasteiger partial charge is 0.274 e. The van der Waals surface area contributed by atoms with Crippen LogP contribution in [-0.2, 0) is 14.1 Å². The summed E-state index contributed by atoms with van der Waals surface area (Å²) < 4.78 is 3.08. The van der Waals surface area contributed by atoms with Crippen molar-refractivity contribution in [3.63, 3.8) is 0 Å². The molecule has 0 unspecified atom stereocenters. The Morgan fingerprint density at radius 3 is 2.59 bits per heavy atom. The van der Waals surface area contributed by atoms with E-state index in [2.05, 4.69) is 15.5 Å². The van der Waals surface area contributed by atoms with E-state index in [-0.39, 0.29) is 5.91 Å². The number of rotatable bonds is 2. The van der Waals surface area contributed by atoms with Crippen molar-refractivity contribution in [1.82, 2.24) is 19.6 Å². The molecule has 0 aliphatic carbocycles. The first-order chi connectivity index (χ1) is 7.97. The number of carbonyl (C=O) groups excluding carboxylic acids is 1. The molecule has 0 spiro atoms. The summed E-state index contributed by atoms with van der Waals surface area (Å²) in [6.45, 7) is 1.83. The molecule has 17 heavy (non-hydrogen) atoms. The molecule has 90 valence electrons. The monoisotopic (exact) mass is 234 g/mol. The molecule has 2 heterocycles. The van der Waals surface area contributed by atoms with Crippen molar-refractivity contribution in [2.24, 2.45) is 14.1 Å². The summed E-state index contributed by atoms with van der Waals surface area (Å²) in [7, 11) is 3.46. The highest BCUT2D eigenvalue weighted by Crippen LogP contribution is 2.13. The van der Waals surface area contributed by atoms with E-state index in [1.807, 2.05) is 6.92 Å². The third kappa shape index (κ3) is 2.12. The van der Waals surface area contributed by atoms with Crippen LogP contribution >= 0.6 is 0 Å². The first-order valence-electron chi connectivity index (χ1n) is 5.08. The highest BCUT2D eigenvalue weighted by Gasteiger charge is 2.14. The quantitative estimate of drug-likeness (QED) is 0.781. The van der Waals surface area contributed by atoms with Crippen molar-refractivity contribution >= 4 is 17.4 Å². The van der Waals surface area contributed by atoms with Crippen LogP contribution in [-0.4, -0.2) is 25.5 Å². The average Bonchev–Trinajstić information content (AvgIpc) is 2.70. The van der Waals surface area contributed by atoms with Crippen molar-refractivity contribution in [1.29, 1.82) is 0 Å². The summed E-state index contributed by atoms with van der Waals surface area (Å²) >= 11 is 0. The summed E-state index contributed by atoms with van der Waals surface area (Å²) in [5.41, 5.74) is 7.36. The van der Waals surface area contributed by atoms with E-state index in [9.17, 15) is 4.79 Å². The molecule has 2 aromatic rings. The molecule has 0 saturated heterocycles. The Hall–Kier alpha value is -2.31. The summed E-state index contributed by atoms with van der Waals surface area (Å²) in [4.78, 5) is 11.9. The van der Waals surface area contributed by atoms with Crippen molar-refractivity contribution in [2.45, 2.75) is 6.92 Å². The second kappa shape index (κ2) is 3.93. The number of anilines is 2. The highest BCUT2D eigenvalue weighted by atomic mass is 16.2. The minimum Gasteiger partial charge on any atom is -0.382 e. The number of hydrogen-bond donors (Lipinski definition) is 2. The first-order valence-corrected chi connectivity index (χ1v) is 5.08. The van der Waals surface area contributed by atoms with Gasteiger partial charge >= 0.3 is 0 Å². The van der Waals surface area contributed by atoms with Gasteiger partial charge in [-0.05, 0) is 6.92 Å². The normalized spacial score (nSPS) is 10.5. The third-order valence-corrected chi connectivity index (χ3v) is 2.39. The molecule has 1 amide bonds. The van der Waals surface area contributed by atoms with Gasteiger partial charge in [0, 0.05) is 26.4 Å². The number of nitrogens with two attached hydrogens (primary N) is 1. The molecule has 7 heteroatoms. The molecule has 0 fully saturated rings. The average molecular weight is 234 g/mol. The van der Waals surface area contributed by atoms with Crippen LogP contribution in [0.15, 0.2) is 12.3 Å². The van der Waals surface area contributed by atoms with E-state index >= 15 is 0 Å². The predicted molar refractivity (Wildman–Crippen MR) is 63.5 cm³/mol. The van der Waals surface area contributed by atoms with Gasteiger partial charge in [0.25, 0.3) is 5.91 Å². The number of amides is 1. The lowest BCUT2D eigenvalue weighted by molar-refractivity contribution is 0.101. The van der Waals surface area contributed by atoms with Crippen LogP contribution in [0, 0.1) is 6.92 Å². The molecular formula is C10H14N6O. The molecule has 0 aliphatic heterocycles. The van der Waals surface area contributed by atoms with Gasteiger partial charge in [-0.25, -0.2) is 0 Å². The van der Waals surface area contributed by atoms with Crippen LogP contribution in [0.2, 0.25) is 0 Å². The number of nitrogens with zero attached hydrogens (tertiary/aromatic N) is 4.